The van der Waals surface area contributed by atoms with Crippen LogP contribution < -0.4 is 5.32 Å². The standard InChI is InChI=1S/C17H26N2O2S/c20-15-12-22-16(18-15)11-17(21)19(13-7-3-1-4-8-13)14-9-5-2-6-10-14/h11,13-14H,1-10,12H2,(H,18,20)/b16-11+. The maximum atomic E-state index is 12.9. The van der Waals surface area contributed by atoms with Crippen LogP contribution in [0.1, 0.15) is 64.2 Å². The molecule has 0 aromatic rings. The average Bonchev–Trinajstić information content (AvgIpc) is 2.95. The summed E-state index contributed by atoms with van der Waals surface area (Å²) in [7, 11) is 0. The molecule has 0 aromatic heterocycles. The Bertz CT molecular complexity index is 434. The zero-order valence-electron chi connectivity index (χ0n) is 13.2. The lowest BCUT2D eigenvalue weighted by Gasteiger charge is -2.41. The van der Waals surface area contributed by atoms with E-state index in [-0.39, 0.29) is 11.8 Å². The highest BCUT2D eigenvalue weighted by Gasteiger charge is 2.32. The summed E-state index contributed by atoms with van der Waals surface area (Å²) in [6.07, 6.45) is 13.8. The summed E-state index contributed by atoms with van der Waals surface area (Å²) < 4.78 is 0. The molecule has 4 nitrogen and oxygen atoms in total. The normalized spacial score (nSPS) is 26.2. The number of rotatable bonds is 3. The molecule has 3 rings (SSSR count). The fraction of sp³-hybridized carbons (Fsp3) is 0.765. The Morgan fingerprint density at radius 3 is 2.00 bits per heavy atom. The van der Waals surface area contributed by atoms with Crippen molar-refractivity contribution < 1.29 is 9.59 Å². The van der Waals surface area contributed by atoms with E-state index in [9.17, 15) is 9.59 Å². The molecule has 1 N–H and O–H groups in total. The molecule has 2 saturated carbocycles. The minimum absolute atomic E-state index is 0.00549. The lowest BCUT2D eigenvalue weighted by atomic mass is 9.88. The van der Waals surface area contributed by atoms with E-state index < -0.39 is 0 Å². The van der Waals surface area contributed by atoms with Gasteiger partial charge in [0.25, 0.3) is 0 Å². The molecule has 2 amide bonds. The van der Waals surface area contributed by atoms with Crippen LogP contribution in [0.2, 0.25) is 0 Å². The van der Waals surface area contributed by atoms with Crippen LogP contribution in [0.5, 0.6) is 0 Å². The lowest BCUT2D eigenvalue weighted by molar-refractivity contribution is -0.132. The highest BCUT2D eigenvalue weighted by molar-refractivity contribution is 8.04. The third-order valence-corrected chi connectivity index (χ3v) is 6.00. The first-order valence-corrected chi connectivity index (χ1v) is 9.69. The van der Waals surface area contributed by atoms with Gasteiger partial charge in [0.05, 0.1) is 10.8 Å². The molecular weight excluding hydrogens is 296 g/mol. The quantitative estimate of drug-likeness (QED) is 0.812. The van der Waals surface area contributed by atoms with Gasteiger partial charge in [-0.1, -0.05) is 50.3 Å². The van der Waals surface area contributed by atoms with Gasteiger partial charge in [-0.3, -0.25) is 9.59 Å². The lowest BCUT2D eigenvalue weighted by Crippen LogP contribution is -2.48. The molecule has 0 spiro atoms. The number of carbonyl (C=O) groups excluding carboxylic acids is 2. The van der Waals surface area contributed by atoms with Crippen LogP contribution >= 0.6 is 11.8 Å². The van der Waals surface area contributed by atoms with E-state index >= 15 is 0 Å². The number of nitrogens with zero attached hydrogens (tertiary/aromatic N) is 1. The summed E-state index contributed by atoms with van der Waals surface area (Å²) >= 11 is 1.44. The van der Waals surface area contributed by atoms with Gasteiger partial charge in [-0.15, -0.1) is 0 Å². The number of nitrogens with one attached hydrogen (secondary N) is 1. The average molecular weight is 322 g/mol. The van der Waals surface area contributed by atoms with E-state index in [4.69, 9.17) is 0 Å². The second-order valence-electron chi connectivity index (χ2n) is 6.67. The van der Waals surface area contributed by atoms with Crippen LogP contribution in [-0.2, 0) is 9.59 Å². The van der Waals surface area contributed by atoms with Crippen LogP contribution in [-0.4, -0.2) is 34.6 Å². The van der Waals surface area contributed by atoms with Crippen molar-refractivity contribution in [3.63, 3.8) is 0 Å². The second-order valence-corrected chi connectivity index (χ2v) is 7.69. The molecule has 0 aromatic carbocycles. The van der Waals surface area contributed by atoms with Crippen molar-refractivity contribution in [3.8, 4) is 0 Å². The molecule has 0 radical (unpaired) electrons. The molecule has 3 aliphatic rings. The molecule has 2 aliphatic carbocycles. The summed E-state index contributed by atoms with van der Waals surface area (Å²) in [6.45, 7) is 0. The Labute approximate surface area is 137 Å². The minimum atomic E-state index is 0.00549. The Morgan fingerprint density at radius 2 is 1.55 bits per heavy atom. The molecule has 0 atom stereocenters. The molecule has 0 bridgehead atoms. The van der Waals surface area contributed by atoms with E-state index in [1.165, 1.54) is 50.3 Å². The number of hydrogen-bond acceptors (Lipinski definition) is 3. The highest BCUT2D eigenvalue weighted by Crippen LogP contribution is 2.31. The summed E-state index contributed by atoms with van der Waals surface area (Å²) in [5.41, 5.74) is 0. The molecule has 22 heavy (non-hydrogen) atoms. The van der Waals surface area contributed by atoms with Crippen molar-refractivity contribution in [3.05, 3.63) is 11.1 Å². The van der Waals surface area contributed by atoms with E-state index in [0.29, 0.717) is 17.8 Å². The Kier molecular flexibility index (Phi) is 5.45. The first-order valence-electron chi connectivity index (χ1n) is 8.70. The van der Waals surface area contributed by atoms with E-state index in [1.54, 1.807) is 6.08 Å². The van der Waals surface area contributed by atoms with Crippen molar-refractivity contribution in [1.82, 2.24) is 10.2 Å². The monoisotopic (exact) mass is 322 g/mol. The summed E-state index contributed by atoms with van der Waals surface area (Å²) in [5.74, 6) is 0.556. The maximum Gasteiger partial charge on any atom is 0.249 e. The predicted octanol–water partition coefficient (Wildman–Crippen LogP) is 3.18. The van der Waals surface area contributed by atoms with E-state index in [1.807, 2.05) is 0 Å². The van der Waals surface area contributed by atoms with Crippen LogP contribution in [0.15, 0.2) is 11.1 Å². The molecular formula is C17H26N2O2S. The largest absolute Gasteiger partial charge is 0.333 e. The Hall–Kier alpha value is -0.970. The van der Waals surface area contributed by atoms with Gasteiger partial charge in [-0.2, -0.15) is 0 Å². The first-order chi connectivity index (χ1) is 10.7. The van der Waals surface area contributed by atoms with Crippen LogP contribution in [0.25, 0.3) is 0 Å². The second kappa shape index (κ2) is 7.53. The van der Waals surface area contributed by atoms with Gasteiger partial charge in [0.2, 0.25) is 11.8 Å². The Morgan fingerprint density at radius 1 is 1.00 bits per heavy atom. The van der Waals surface area contributed by atoms with Crippen molar-refractivity contribution in [2.75, 3.05) is 5.75 Å². The van der Waals surface area contributed by atoms with E-state index in [2.05, 4.69) is 10.2 Å². The van der Waals surface area contributed by atoms with Gasteiger partial charge in [0, 0.05) is 18.2 Å². The number of carbonyl (C=O) groups is 2. The predicted molar refractivity (Wildman–Crippen MR) is 89.3 cm³/mol. The zero-order valence-corrected chi connectivity index (χ0v) is 14.0. The van der Waals surface area contributed by atoms with Crippen LogP contribution in [0, 0.1) is 0 Å². The topological polar surface area (TPSA) is 49.4 Å². The molecule has 0 unspecified atom stereocenters. The summed E-state index contributed by atoms with van der Waals surface area (Å²) in [6, 6.07) is 0.812. The molecule has 1 aliphatic heterocycles. The number of amides is 2. The van der Waals surface area contributed by atoms with Gasteiger partial charge >= 0.3 is 0 Å². The molecule has 1 saturated heterocycles. The van der Waals surface area contributed by atoms with Crippen molar-refractivity contribution in [1.29, 1.82) is 0 Å². The van der Waals surface area contributed by atoms with Gasteiger partial charge in [-0.05, 0) is 25.7 Å². The molecule has 1 heterocycles. The van der Waals surface area contributed by atoms with Gasteiger partial charge in [-0.25, -0.2) is 0 Å². The fourth-order valence-electron chi connectivity index (χ4n) is 3.99. The molecule has 122 valence electrons. The van der Waals surface area contributed by atoms with Crippen molar-refractivity contribution in [2.45, 2.75) is 76.3 Å². The summed E-state index contributed by atoms with van der Waals surface area (Å²) in [4.78, 5) is 26.4. The third kappa shape index (κ3) is 3.86. The third-order valence-electron chi connectivity index (χ3n) is 5.07. The SMILES string of the molecule is O=C1CS/C(=C/C(=O)N(C2CCCCC2)C2CCCCC2)N1. The highest BCUT2D eigenvalue weighted by atomic mass is 32.2. The fourth-order valence-corrected chi connectivity index (χ4v) is 4.72. The zero-order chi connectivity index (χ0) is 15.4. The Balaban J connectivity index is 1.74. The number of thioether (sulfide) groups is 1. The maximum absolute atomic E-state index is 12.9. The first kappa shape index (κ1) is 15.9. The van der Waals surface area contributed by atoms with Gasteiger partial charge in [0.15, 0.2) is 0 Å². The number of hydrogen-bond donors (Lipinski definition) is 1. The van der Waals surface area contributed by atoms with Gasteiger partial charge in [0.1, 0.15) is 0 Å². The molecule has 3 fully saturated rings. The van der Waals surface area contributed by atoms with Gasteiger partial charge < -0.3 is 10.2 Å². The molecule has 5 heteroatoms. The summed E-state index contributed by atoms with van der Waals surface area (Å²) in [5, 5.41) is 3.51. The van der Waals surface area contributed by atoms with Crippen LogP contribution in [0.4, 0.5) is 0 Å². The van der Waals surface area contributed by atoms with Crippen molar-refractivity contribution >= 4 is 23.6 Å². The van der Waals surface area contributed by atoms with E-state index in [0.717, 1.165) is 30.7 Å². The van der Waals surface area contributed by atoms with Crippen LogP contribution in [0.3, 0.4) is 0 Å². The van der Waals surface area contributed by atoms with Crippen molar-refractivity contribution in [2.24, 2.45) is 0 Å². The smallest absolute Gasteiger partial charge is 0.249 e. The minimum Gasteiger partial charge on any atom is -0.333 e.